The van der Waals surface area contributed by atoms with Crippen molar-refractivity contribution >= 4 is 68.3 Å². The van der Waals surface area contributed by atoms with Gasteiger partial charge in [0.15, 0.2) is 8.68 Å². The number of anilines is 2. The third kappa shape index (κ3) is 6.65. The second-order valence-electron chi connectivity index (χ2n) is 5.43. The Labute approximate surface area is 189 Å². The Balaban J connectivity index is 1.47. The summed E-state index contributed by atoms with van der Waals surface area (Å²) in [6.07, 6.45) is 0. The summed E-state index contributed by atoms with van der Waals surface area (Å²) in [6, 6.07) is 6.83. The number of nitrogens with zero attached hydrogens (tertiary/aromatic N) is 4. The first-order valence-corrected chi connectivity index (χ1v) is 12.4. The van der Waals surface area contributed by atoms with Crippen LogP contribution in [0.3, 0.4) is 0 Å². The summed E-state index contributed by atoms with van der Waals surface area (Å²) in [7, 11) is 0. The van der Waals surface area contributed by atoms with Crippen molar-refractivity contribution in [1.29, 1.82) is 0 Å². The Kier molecular flexibility index (Phi) is 8.42. The van der Waals surface area contributed by atoms with Crippen LogP contribution < -0.4 is 15.4 Å². The maximum Gasteiger partial charge on any atom is 0.257 e. The number of ether oxygens (including phenoxy) is 1. The fourth-order valence-corrected chi connectivity index (χ4v) is 5.29. The van der Waals surface area contributed by atoms with E-state index in [2.05, 4.69) is 31.0 Å². The predicted molar refractivity (Wildman–Crippen MR) is 121 cm³/mol. The lowest BCUT2D eigenvalue weighted by atomic mass is 10.2. The highest BCUT2D eigenvalue weighted by molar-refractivity contribution is 8.01. The smallest absolute Gasteiger partial charge is 0.257 e. The molecule has 2 N–H and O–H groups in total. The summed E-state index contributed by atoms with van der Waals surface area (Å²) in [5, 5.41) is 22.1. The molecule has 0 bridgehead atoms. The van der Waals surface area contributed by atoms with Crippen LogP contribution in [0.25, 0.3) is 0 Å². The van der Waals surface area contributed by atoms with Crippen LogP contribution in [0.2, 0.25) is 0 Å². The number of nitrogens with one attached hydrogen (secondary N) is 2. The number of benzene rings is 1. The molecule has 0 fully saturated rings. The molecule has 13 heteroatoms. The molecule has 0 aliphatic carbocycles. The van der Waals surface area contributed by atoms with Crippen molar-refractivity contribution in [3.8, 4) is 5.75 Å². The fraction of sp³-hybridized carbons (Fsp3) is 0.294. The molecule has 1 aromatic carbocycles. The van der Waals surface area contributed by atoms with E-state index in [0.29, 0.717) is 32.5 Å². The maximum atomic E-state index is 12.3. The molecular weight excluding hydrogens is 464 g/mol. The summed E-state index contributed by atoms with van der Waals surface area (Å²) < 4.78 is 6.76. The fourth-order valence-electron chi connectivity index (χ4n) is 2.08. The zero-order chi connectivity index (χ0) is 21.3. The molecule has 30 heavy (non-hydrogen) atoms. The van der Waals surface area contributed by atoms with Gasteiger partial charge in [0.2, 0.25) is 16.2 Å². The molecule has 0 aliphatic heterocycles. The molecule has 3 aromatic rings. The van der Waals surface area contributed by atoms with Crippen LogP contribution in [0.4, 0.5) is 10.3 Å². The number of hydrogen-bond acceptors (Lipinski definition) is 11. The second kappa shape index (κ2) is 11.2. The largest absolute Gasteiger partial charge is 0.494 e. The highest BCUT2D eigenvalue weighted by Gasteiger charge is 2.13. The third-order valence-corrected chi connectivity index (χ3v) is 7.13. The average Bonchev–Trinajstić information content (AvgIpc) is 3.37. The maximum absolute atomic E-state index is 12.3. The Morgan fingerprint density at radius 2 is 1.57 bits per heavy atom. The van der Waals surface area contributed by atoms with Gasteiger partial charge in [-0.25, -0.2) is 0 Å². The lowest BCUT2D eigenvalue weighted by Gasteiger charge is -2.04. The minimum absolute atomic E-state index is 0.150. The van der Waals surface area contributed by atoms with E-state index >= 15 is 0 Å². The third-order valence-electron chi connectivity index (χ3n) is 3.30. The molecule has 0 atom stereocenters. The van der Waals surface area contributed by atoms with E-state index in [0.717, 1.165) is 10.1 Å². The van der Waals surface area contributed by atoms with Crippen molar-refractivity contribution < 1.29 is 14.3 Å². The molecular formula is C17H18N6O3S4. The van der Waals surface area contributed by atoms with Crippen LogP contribution in [0, 0.1) is 0 Å². The van der Waals surface area contributed by atoms with Gasteiger partial charge in [0.05, 0.1) is 12.4 Å². The standard InChI is InChI=1S/C17H18N6O3S4/c1-3-26-11-7-5-10(6-8-11)13(25)19-15-21-23-17(30-15)28-9-12(24)18-14-20-22-16(29-14)27-4-2/h5-8H,3-4,9H2,1-2H3,(H,18,20,24)(H,19,21,25). The van der Waals surface area contributed by atoms with Crippen molar-refractivity contribution in [2.24, 2.45) is 0 Å². The van der Waals surface area contributed by atoms with Gasteiger partial charge in [-0.05, 0) is 36.9 Å². The van der Waals surface area contributed by atoms with Gasteiger partial charge in [-0.15, -0.1) is 20.4 Å². The van der Waals surface area contributed by atoms with Crippen LogP contribution >= 0.6 is 46.2 Å². The SMILES string of the molecule is CCOc1ccc(C(=O)Nc2nnc(SCC(=O)Nc3nnc(SCC)s3)s2)cc1. The van der Waals surface area contributed by atoms with Crippen molar-refractivity contribution in [3.63, 3.8) is 0 Å². The zero-order valence-electron chi connectivity index (χ0n) is 16.1. The van der Waals surface area contributed by atoms with E-state index in [-0.39, 0.29) is 17.6 Å². The summed E-state index contributed by atoms with van der Waals surface area (Å²) >= 11 is 5.35. The zero-order valence-corrected chi connectivity index (χ0v) is 19.3. The molecule has 3 rings (SSSR count). The number of carbonyl (C=O) groups excluding carboxylic acids is 2. The number of rotatable bonds is 10. The van der Waals surface area contributed by atoms with Gasteiger partial charge < -0.3 is 4.74 Å². The van der Waals surface area contributed by atoms with Gasteiger partial charge in [0.1, 0.15) is 5.75 Å². The molecule has 2 aromatic heterocycles. The first-order valence-electron chi connectivity index (χ1n) is 8.84. The molecule has 0 spiro atoms. The molecule has 9 nitrogen and oxygen atoms in total. The number of aromatic nitrogens is 4. The molecule has 0 saturated carbocycles. The predicted octanol–water partition coefficient (Wildman–Crippen LogP) is 3.88. The van der Waals surface area contributed by atoms with E-state index in [9.17, 15) is 9.59 Å². The second-order valence-corrected chi connectivity index (χ2v) is 10.1. The topological polar surface area (TPSA) is 119 Å². The Hall–Kier alpha value is -2.22. The Bertz CT molecular complexity index is 992. The molecule has 2 amide bonds. The summed E-state index contributed by atoms with van der Waals surface area (Å²) in [5.74, 6) is 1.25. The van der Waals surface area contributed by atoms with Gasteiger partial charge in [-0.3, -0.25) is 20.2 Å². The van der Waals surface area contributed by atoms with Crippen LogP contribution in [-0.2, 0) is 4.79 Å². The minimum atomic E-state index is -0.291. The Morgan fingerprint density at radius 1 is 0.933 bits per heavy atom. The van der Waals surface area contributed by atoms with Crippen LogP contribution in [-0.4, -0.2) is 50.3 Å². The van der Waals surface area contributed by atoms with Crippen LogP contribution in [0.1, 0.15) is 24.2 Å². The van der Waals surface area contributed by atoms with E-state index in [1.807, 2.05) is 13.8 Å². The molecule has 0 saturated heterocycles. The van der Waals surface area contributed by atoms with E-state index < -0.39 is 0 Å². The highest BCUT2D eigenvalue weighted by atomic mass is 32.2. The van der Waals surface area contributed by atoms with E-state index in [4.69, 9.17) is 4.74 Å². The molecule has 0 aliphatic rings. The van der Waals surface area contributed by atoms with Gasteiger partial charge in [-0.2, -0.15) is 0 Å². The lowest BCUT2D eigenvalue weighted by molar-refractivity contribution is -0.113. The van der Waals surface area contributed by atoms with Gasteiger partial charge in [0, 0.05) is 5.56 Å². The first kappa shape index (κ1) is 22.5. The number of carbonyl (C=O) groups is 2. The van der Waals surface area contributed by atoms with Crippen LogP contribution in [0.15, 0.2) is 32.9 Å². The summed E-state index contributed by atoms with van der Waals surface area (Å²) in [6.45, 7) is 4.49. The van der Waals surface area contributed by atoms with Crippen LogP contribution in [0.5, 0.6) is 5.75 Å². The summed E-state index contributed by atoms with van der Waals surface area (Å²) in [5.41, 5.74) is 0.486. The van der Waals surface area contributed by atoms with E-state index in [1.165, 1.54) is 34.4 Å². The molecule has 0 radical (unpaired) electrons. The van der Waals surface area contributed by atoms with Gasteiger partial charge >= 0.3 is 0 Å². The van der Waals surface area contributed by atoms with Gasteiger partial charge in [0.25, 0.3) is 5.91 Å². The van der Waals surface area contributed by atoms with Crippen molar-refractivity contribution in [2.75, 3.05) is 28.7 Å². The number of thioether (sulfide) groups is 2. The number of hydrogen-bond donors (Lipinski definition) is 2. The molecule has 0 unspecified atom stereocenters. The van der Waals surface area contributed by atoms with Gasteiger partial charge in [-0.1, -0.05) is 53.1 Å². The van der Waals surface area contributed by atoms with Crippen molar-refractivity contribution in [1.82, 2.24) is 20.4 Å². The average molecular weight is 483 g/mol. The monoisotopic (exact) mass is 482 g/mol. The first-order chi connectivity index (χ1) is 14.6. The van der Waals surface area contributed by atoms with Crippen molar-refractivity contribution in [3.05, 3.63) is 29.8 Å². The number of amides is 2. The normalized spacial score (nSPS) is 10.6. The molecule has 2 heterocycles. The minimum Gasteiger partial charge on any atom is -0.494 e. The van der Waals surface area contributed by atoms with E-state index in [1.54, 1.807) is 36.0 Å². The Morgan fingerprint density at radius 3 is 2.20 bits per heavy atom. The molecule has 158 valence electrons. The quantitative estimate of drug-likeness (QED) is 0.328. The summed E-state index contributed by atoms with van der Waals surface area (Å²) in [4.78, 5) is 24.4. The van der Waals surface area contributed by atoms with Crippen molar-refractivity contribution in [2.45, 2.75) is 22.5 Å². The lowest BCUT2D eigenvalue weighted by Crippen LogP contribution is -2.13. The highest BCUT2D eigenvalue weighted by Crippen LogP contribution is 2.27.